The topological polar surface area (TPSA) is 75.9 Å². The van der Waals surface area contributed by atoms with Crippen LogP contribution < -0.4 is 10.2 Å². The summed E-state index contributed by atoms with van der Waals surface area (Å²) in [6, 6.07) is 11.7. The number of anilines is 1. The Balaban J connectivity index is 1.46. The molecule has 150 valence electrons. The molecular weight excluding hydrogens is 364 g/mol. The molecule has 2 aromatic heterocycles. The van der Waals surface area contributed by atoms with Gasteiger partial charge in [-0.1, -0.05) is 18.2 Å². The summed E-state index contributed by atoms with van der Waals surface area (Å²) in [7, 11) is 0. The molecule has 0 radical (unpaired) electrons. The molecule has 7 heteroatoms. The molecular formula is C22H26N6O. The van der Waals surface area contributed by atoms with Crippen molar-refractivity contribution in [1.82, 2.24) is 25.1 Å². The van der Waals surface area contributed by atoms with Crippen LogP contribution in [0.4, 0.5) is 5.95 Å². The first kappa shape index (κ1) is 19.1. The first-order valence-electron chi connectivity index (χ1n) is 10.1. The van der Waals surface area contributed by atoms with Gasteiger partial charge in [-0.3, -0.25) is 4.79 Å². The second kappa shape index (κ2) is 8.43. The number of piperidine rings is 1. The summed E-state index contributed by atoms with van der Waals surface area (Å²) in [4.78, 5) is 24.2. The van der Waals surface area contributed by atoms with Gasteiger partial charge in [0.25, 0.3) is 5.91 Å². The monoisotopic (exact) mass is 390 g/mol. The highest BCUT2D eigenvalue weighted by molar-refractivity contribution is 5.95. The molecule has 1 aliphatic rings. The number of amides is 1. The van der Waals surface area contributed by atoms with Gasteiger partial charge >= 0.3 is 0 Å². The number of benzene rings is 1. The Morgan fingerprint density at radius 3 is 2.59 bits per heavy atom. The van der Waals surface area contributed by atoms with Crippen molar-refractivity contribution in [3.8, 4) is 5.69 Å². The van der Waals surface area contributed by atoms with Gasteiger partial charge in [0.05, 0.1) is 35.4 Å². The Morgan fingerprint density at radius 1 is 1.07 bits per heavy atom. The van der Waals surface area contributed by atoms with Crippen LogP contribution in [0.25, 0.3) is 5.69 Å². The van der Waals surface area contributed by atoms with E-state index in [1.165, 1.54) is 19.3 Å². The molecule has 1 N–H and O–H groups in total. The number of aromatic nitrogens is 4. The van der Waals surface area contributed by atoms with E-state index in [4.69, 9.17) is 0 Å². The van der Waals surface area contributed by atoms with E-state index in [-0.39, 0.29) is 5.91 Å². The molecule has 7 nitrogen and oxygen atoms in total. The number of para-hydroxylation sites is 1. The zero-order chi connectivity index (χ0) is 20.2. The number of hydrogen-bond acceptors (Lipinski definition) is 5. The van der Waals surface area contributed by atoms with E-state index >= 15 is 0 Å². The van der Waals surface area contributed by atoms with E-state index in [0.29, 0.717) is 12.1 Å². The van der Waals surface area contributed by atoms with Crippen molar-refractivity contribution >= 4 is 11.9 Å². The van der Waals surface area contributed by atoms with Gasteiger partial charge in [0.2, 0.25) is 5.95 Å². The summed E-state index contributed by atoms with van der Waals surface area (Å²) in [6.45, 7) is 6.21. The molecule has 3 aromatic rings. The largest absolute Gasteiger partial charge is 0.346 e. The zero-order valence-electron chi connectivity index (χ0n) is 16.9. The number of carbonyl (C=O) groups is 1. The van der Waals surface area contributed by atoms with Crippen LogP contribution in [0.15, 0.2) is 42.6 Å². The van der Waals surface area contributed by atoms with E-state index < -0.39 is 0 Å². The quantitative estimate of drug-likeness (QED) is 0.724. The van der Waals surface area contributed by atoms with Crippen molar-refractivity contribution in [1.29, 1.82) is 0 Å². The van der Waals surface area contributed by atoms with Crippen LogP contribution in [0.5, 0.6) is 0 Å². The number of carbonyl (C=O) groups excluding carboxylic acids is 1. The number of hydrogen-bond donors (Lipinski definition) is 1. The normalized spacial score (nSPS) is 14.1. The van der Waals surface area contributed by atoms with E-state index in [1.807, 2.05) is 50.2 Å². The van der Waals surface area contributed by atoms with Crippen LogP contribution in [-0.4, -0.2) is 38.7 Å². The van der Waals surface area contributed by atoms with E-state index in [2.05, 4.69) is 25.3 Å². The Kier molecular flexibility index (Phi) is 5.55. The minimum absolute atomic E-state index is 0.152. The average molecular weight is 390 g/mol. The summed E-state index contributed by atoms with van der Waals surface area (Å²) in [5.74, 6) is 0.613. The third kappa shape index (κ3) is 4.29. The summed E-state index contributed by atoms with van der Waals surface area (Å²) in [5.41, 5.74) is 4.04. The fourth-order valence-electron chi connectivity index (χ4n) is 3.67. The molecule has 1 amide bonds. The lowest BCUT2D eigenvalue weighted by atomic mass is 10.1. The molecule has 0 spiro atoms. The minimum atomic E-state index is -0.152. The zero-order valence-corrected chi connectivity index (χ0v) is 16.9. The van der Waals surface area contributed by atoms with Gasteiger partial charge in [-0.2, -0.15) is 5.10 Å². The van der Waals surface area contributed by atoms with Gasteiger partial charge in [-0.25, -0.2) is 14.6 Å². The van der Waals surface area contributed by atoms with Crippen molar-refractivity contribution in [2.45, 2.75) is 39.7 Å². The first-order valence-corrected chi connectivity index (χ1v) is 10.1. The summed E-state index contributed by atoms with van der Waals surface area (Å²) in [5, 5.41) is 7.35. The van der Waals surface area contributed by atoms with Gasteiger partial charge < -0.3 is 10.2 Å². The van der Waals surface area contributed by atoms with Crippen molar-refractivity contribution < 1.29 is 4.79 Å². The standard InChI is InChI=1S/C22H26N6O/c1-16-13-18(26-22(25-16)27-11-7-4-8-12-27)14-23-21(29)20-15-24-28(17(20)2)19-9-5-3-6-10-19/h3,5-6,9-10,13,15H,4,7-8,11-12,14H2,1-2H3,(H,23,29). The molecule has 29 heavy (non-hydrogen) atoms. The van der Waals surface area contributed by atoms with Crippen molar-refractivity contribution in [3.05, 3.63) is 65.2 Å². The Bertz CT molecular complexity index is 992. The highest BCUT2D eigenvalue weighted by Gasteiger charge is 2.17. The van der Waals surface area contributed by atoms with Gasteiger partial charge in [0.15, 0.2) is 0 Å². The predicted octanol–water partition coefficient (Wildman–Crippen LogP) is 3.20. The lowest BCUT2D eigenvalue weighted by Gasteiger charge is -2.27. The maximum atomic E-state index is 12.7. The molecule has 0 saturated carbocycles. The molecule has 1 fully saturated rings. The van der Waals surface area contributed by atoms with E-state index in [1.54, 1.807) is 10.9 Å². The molecule has 1 aliphatic heterocycles. The van der Waals surface area contributed by atoms with Gasteiger partial charge in [0, 0.05) is 18.8 Å². The minimum Gasteiger partial charge on any atom is -0.346 e. The fourth-order valence-corrected chi connectivity index (χ4v) is 3.67. The number of aryl methyl sites for hydroxylation is 1. The highest BCUT2D eigenvalue weighted by atomic mass is 16.1. The molecule has 0 unspecified atom stereocenters. The second-order valence-corrected chi connectivity index (χ2v) is 7.42. The van der Waals surface area contributed by atoms with E-state index in [9.17, 15) is 4.79 Å². The van der Waals surface area contributed by atoms with Crippen LogP contribution >= 0.6 is 0 Å². The summed E-state index contributed by atoms with van der Waals surface area (Å²) < 4.78 is 1.78. The van der Waals surface area contributed by atoms with Crippen LogP contribution in [0.2, 0.25) is 0 Å². The first-order chi connectivity index (χ1) is 14.1. The Hall–Kier alpha value is -3.22. The van der Waals surface area contributed by atoms with Crippen LogP contribution in [0.1, 0.15) is 46.7 Å². The van der Waals surface area contributed by atoms with Crippen LogP contribution in [0, 0.1) is 13.8 Å². The third-order valence-electron chi connectivity index (χ3n) is 5.22. The maximum absolute atomic E-state index is 12.7. The SMILES string of the molecule is Cc1cc(CNC(=O)c2cnn(-c3ccccc3)c2C)nc(N2CCCCC2)n1. The van der Waals surface area contributed by atoms with Gasteiger partial charge in [-0.05, 0) is 51.3 Å². The Labute approximate surface area is 170 Å². The van der Waals surface area contributed by atoms with Gasteiger partial charge in [-0.15, -0.1) is 0 Å². The van der Waals surface area contributed by atoms with Gasteiger partial charge in [0.1, 0.15) is 0 Å². The smallest absolute Gasteiger partial charge is 0.255 e. The molecule has 0 atom stereocenters. The molecule has 4 rings (SSSR count). The average Bonchev–Trinajstić information content (AvgIpc) is 3.14. The van der Waals surface area contributed by atoms with E-state index in [0.717, 1.165) is 41.8 Å². The fraction of sp³-hybridized carbons (Fsp3) is 0.364. The molecule has 3 heterocycles. The number of rotatable bonds is 5. The second-order valence-electron chi connectivity index (χ2n) is 7.42. The summed E-state index contributed by atoms with van der Waals surface area (Å²) in [6.07, 6.45) is 5.23. The third-order valence-corrected chi connectivity index (χ3v) is 5.22. The summed E-state index contributed by atoms with van der Waals surface area (Å²) >= 11 is 0. The highest BCUT2D eigenvalue weighted by Crippen LogP contribution is 2.17. The maximum Gasteiger partial charge on any atom is 0.255 e. The van der Waals surface area contributed by atoms with Crippen molar-refractivity contribution in [3.63, 3.8) is 0 Å². The number of nitrogens with one attached hydrogen (secondary N) is 1. The van der Waals surface area contributed by atoms with Crippen LogP contribution in [-0.2, 0) is 6.54 Å². The lowest BCUT2D eigenvalue weighted by Crippen LogP contribution is -2.32. The molecule has 1 aromatic carbocycles. The van der Waals surface area contributed by atoms with Crippen molar-refractivity contribution in [2.75, 3.05) is 18.0 Å². The molecule has 0 bridgehead atoms. The molecule has 0 aliphatic carbocycles. The van der Waals surface area contributed by atoms with Crippen molar-refractivity contribution in [2.24, 2.45) is 0 Å². The molecule has 1 saturated heterocycles. The predicted molar refractivity (Wildman–Crippen MR) is 112 cm³/mol. The van der Waals surface area contributed by atoms with Crippen LogP contribution in [0.3, 0.4) is 0 Å². The Morgan fingerprint density at radius 2 is 1.83 bits per heavy atom. The number of nitrogens with zero attached hydrogens (tertiary/aromatic N) is 5. The lowest BCUT2D eigenvalue weighted by molar-refractivity contribution is 0.0949.